The molecule has 2 atom stereocenters. The van der Waals surface area contributed by atoms with Gasteiger partial charge in [0, 0.05) is 24.1 Å². The number of nitrogens with one attached hydrogen (secondary N) is 1. The highest BCUT2D eigenvalue weighted by atomic mass is 32.2. The Bertz CT molecular complexity index is 894. The van der Waals surface area contributed by atoms with E-state index in [9.17, 15) is 17.2 Å². The van der Waals surface area contributed by atoms with Gasteiger partial charge in [-0.05, 0) is 37.2 Å². The van der Waals surface area contributed by atoms with Gasteiger partial charge in [-0.1, -0.05) is 6.07 Å². The highest BCUT2D eigenvalue weighted by Gasteiger charge is 2.36. The minimum atomic E-state index is -4.01. The molecule has 1 fully saturated rings. The summed E-state index contributed by atoms with van der Waals surface area (Å²) in [5, 5.41) is 3.25. The summed E-state index contributed by atoms with van der Waals surface area (Å²) >= 11 is 0. The molecule has 1 N–H and O–H groups in total. The maximum atomic E-state index is 13.4. The van der Waals surface area contributed by atoms with Crippen LogP contribution in [-0.2, 0) is 9.84 Å². The molecular formula is C17H15F2NO3S. The number of ether oxygens (including phenoxy) is 1. The predicted molar refractivity (Wildman–Crippen MR) is 82.9 cm³/mol. The average Bonchev–Trinajstić information content (AvgIpc) is 2.91. The quantitative estimate of drug-likeness (QED) is 0.904. The Hall–Kier alpha value is -1.99. The van der Waals surface area contributed by atoms with Crippen LogP contribution < -0.4 is 10.1 Å². The smallest absolute Gasteiger partial charge is 0.206 e. The Morgan fingerprint density at radius 3 is 2.54 bits per heavy atom. The molecule has 2 aromatic rings. The largest absolute Gasteiger partial charge is 0.488 e. The highest BCUT2D eigenvalue weighted by molar-refractivity contribution is 7.91. The third-order valence-corrected chi connectivity index (χ3v) is 6.28. The molecule has 0 aromatic heterocycles. The van der Waals surface area contributed by atoms with Gasteiger partial charge in [0.25, 0.3) is 0 Å². The number of hydrogen-bond acceptors (Lipinski definition) is 4. The average molecular weight is 351 g/mol. The van der Waals surface area contributed by atoms with Crippen molar-refractivity contribution in [3.63, 3.8) is 0 Å². The molecule has 7 heteroatoms. The number of rotatable bonds is 2. The summed E-state index contributed by atoms with van der Waals surface area (Å²) in [6.07, 6.45) is 0.928. The van der Waals surface area contributed by atoms with E-state index in [1.807, 2.05) is 0 Å². The van der Waals surface area contributed by atoms with E-state index >= 15 is 0 Å². The molecule has 24 heavy (non-hydrogen) atoms. The molecule has 4 rings (SSSR count). The zero-order chi connectivity index (χ0) is 16.9. The van der Waals surface area contributed by atoms with Crippen LogP contribution in [0.15, 0.2) is 46.2 Å². The van der Waals surface area contributed by atoms with Gasteiger partial charge in [0.05, 0.1) is 9.79 Å². The molecule has 0 spiro atoms. The summed E-state index contributed by atoms with van der Waals surface area (Å²) in [5.41, 5.74) is 0.992. The SMILES string of the molecule is O=S(=O)(c1cc(F)cc(F)c1)c1ccc2c(c1)OC1CNCCC21. The fourth-order valence-electron chi connectivity index (χ4n) is 3.38. The summed E-state index contributed by atoms with van der Waals surface area (Å²) in [6.45, 7) is 1.61. The first-order chi connectivity index (χ1) is 11.4. The Morgan fingerprint density at radius 2 is 1.79 bits per heavy atom. The summed E-state index contributed by atoms with van der Waals surface area (Å²) in [6, 6.07) is 6.94. The van der Waals surface area contributed by atoms with E-state index in [0.717, 1.165) is 37.2 Å². The number of sulfone groups is 1. The predicted octanol–water partition coefficient (Wildman–Crippen LogP) is 2.64. The lowest BCUT2D eigenvalue weighted by molar-refractivity contribution is 0.176. The van der Waals surface area contributed by atoms with E-state index < -0.39 is 26.4 Å². The van der Waals surface area contributed by atoms with Gasteiger partial charge in [0.15, 0.2) is 0 Å². The molecule has 2 aromatic carbocycles. The van der Waals surface area contributed by atoms with Gasteiger partial charge in [0.1, 0.15) is 23.5 Å². The zero-order valence-corrected chi connectivity index (χ0v) is 13.4. The summed E-state index contributed by atoms with van der Waals surface area (Å²) in [5.74, 6) is -1.07. The van der Waals surface area contributed by atoms with Gasteiger partial charge < -0.3 is 10.1 Å². The Kier molecular flexibility index (Phi) is 3.58. The first kappa shape index (κ1) is 15.5. The minimum Gasteiger partial charge on any atom is -0.488 e. The first-order valence-corrected chi connectivity index (χ1v) is 9.16. The van der Waals surface area contributed by atoms with E-state index in [1.54, 1.807) is 6.07 Å². The molecule has 4 nitrogen and oxygen atoms in total. The van der Waals surface area contributed by atoms with Crippen molar-refractivity contribution in [1.82, 2.24) is 5.32 Å². The van der Waals surface area contributed by atoms with Gasteiger partial charge in [-0.15, -0.1) is 0 Å². The topological polar surface area (TPSA) is 55.4 Å². The monoisotopic (exact) mass is 351 g/mol. The van der Waals surface area contributed by atoms with E-state index in [1.165, 1.54) is 12.1 Å². The Labute approximate surface area is 138 Å². The van der Waals surface area contributed by atoms with Crippen molar-refractivity contribution in [3.8, 4) is 5.75 Å². The van der Waals surface area contributed by atoms with E-state index in [0.29, 0.717) is 11.8 Å². The zero-order valence-electron chi connectivity index (χ0n) is 12.6. The standard InChI is InChI=1S/C17H15F2NO3S/c18-10-5-11(19)7-13(6-10)24(21,22)12-1-2-14-15-3-4-20-9-17(15)23-16(14)8-12/h1-2,5-8,15,17,20H,3-4,9H2. The van der Waals surface area contributed by atoms with Crippen LogP contribution in [0.1, 0.15) is 17.9 Å². The van der Waals surface area contributed by atoms with Crippen LogP contribution in [0.4, 0.5) is 8.78 Å². The first-order valence-electron chi connectivity index (χ1n) is 7.68. The molecule has 2 heterocycles. The second kappa shape index (κ2) is 5.53. The van der Waals surface area contributed by atoms with Gasteiger partial charge >= 0.3 is 0 Å². The number of halogens is 2. The number of benzene rings is 2. The Morgan fingerprint density at radius 1 is 1.04 bits per heavy atom. The normalized spacial score (nSPS) is 22.6. The van der Waals surface area contributed by atoms with Crippen LogP contribution >= 0.6 is 0 Å². The van der Waals surface area contributed by atoms with Crippen LogP contribution in [0.5, 0.6) is 5.75 Å². The lowest BCUT2D eigenvalue weighted by Gasteiger charge is -2.24. The lowest BCUT2D eigenvalue weighted by atomic mass is 9.90. The Balaban J connectivity index is 1.75. The summed E-state index contributed by atoms with van der Waals surface area (Å²) in [7, 11) is -4.01. The molecule has 1 saturated heterocycles. The molecule has 0 saturated carbocycles. The molecule has 0 radical (unpaired) electrons. The lowest BCUT2D eigenvalue weighted by Crippen LogP contribution is -2.39. The van der Waals surface area contributed by atoms with Crippen LogP contribution in [-0.4, -0.2) is 27.6 Å². The number of hydrogen-bond donors (Lipinski definition) is 1. The fraction of sp³-hybridized carbons (Fsp3) is 0.294. The second-order valence-corrected chi connectivity index (χ2v) is 8.01. The van der Waals surface area contributed by atoms with Crippen LogP contribution in [0, 0.1) is 11.6 Å². The summed E-state index contributed by atoms with van der Waals surface area (Å²) in [4.78, 5) is -0.435. The molecule has 0 aliphatic carbocycles. The second-order valence-electron chi connectivity index (χ2n) is 6.06. The van der Waals surface area contributed by atoms with Crippen molar-refractivity contribution in [2.24, 2.45) is 0 Å². The van der Waals surface area contributed by atoms with Gasteiger partial charge in [-0.3, -0.25) is 0 Å². The van der Waals surface area contributed by atoms with Gasteiger partial charge in [0.2, 0.25) is 9.84 Å². The van der Waals surface area contributed by atoms with Gasteiger partial charge in [-0.25, -0.2) is 17.2 Å². The van der Waals surface area contributed by atoms with Crippen molar-refractivity contribution in [3.05, 3.63) is 53.6 Å². The summed E-state index contributed by atoms with van der Waals surface area (Å²) < 4.78 is 57.9. The molecule has 2 aliphatic rings. The third-order valence-electron chi connectivity index (χ3n) is 4.55. The minimum absolute atomic E-state index is 0.00156. The van der Waals surface area contributed by atoms with E-state index in [-0.39, 0.29) is 16.9 Å². The fourth-order valence-corrected chi connectivity index (χ4v) is 4.70. The number of piperidine rings is 1. The van der Waals surface area contributed by atoms with Crippen molar-refractivity contribution in [2.75, 3.05) is 13.1 Å². The third kappa shape index (κ3) is 2.48. The van der Waals surface area contributed by atoms with Crippen LogP contribution in [0.25, 0.3) is 0 Å². The van der Waals surface area contributed by atoms with E-state index in [4.69, 9.17) is 4.74 Å². The maximum Gasteiger partial charge on any atom is 0.206 e. The highest BCUT2D eigenvalue weighted by Crippen LogP contribution is 2.42. The van der Waals surface area contributed by atoms with E-state index in [2.05, 4.69) is 5.32 Å². The van der Waals surface area contributed by atoms with Crippen molar-refractivity contribution in [2.45, 2.75) is 28.2 Å². The van der Waals surface area contributed by atoms with Crippen LogP contribution in [0.3, 0.4) is 0 Å². The van der Waals surface area contributed by atoms with Crippen molar-refractivity contribution in [1.29, 1.82) is 0 Å². The maximum absolute atomic E-state index is 13.4. The molecule has 0 bridgehead atoms. The van der Waals surface area contributed by atoms with Crippen molar-refractivity contribution < 1.29 is 21.9 Å². The molecule has 126 valence electrons. The molecular weight excluding hydrogens is 336 g/mol. The molecule has 2 unspecified atom stereocenters. The van der Waals surface area contributed by atoms with Gasteiger partial charge in [-0.2, -0.15) is 0 Å². The van der Waals surface area contributed by atoms with Crippen LogP contribution in [0.2, 0.25) is 0 Å². The molecule has 2 aliphatic heterocycles. The molecule has 0 amide bonds. The number of fused-ring (bicyclic) bond motifs is 3. The van der Waals surface area contributed by atoms with Crippen molar-refractivity contribution >= 4 is 9.84 Å².